The van der Waals surface area contributed by atoms with Crippen LogP contribution in [-0.2, 0) is 6.54 Å². The van der Waals surface area contributed by atoms with Crippen LogP contribution in [0.4, 0.5) is 5.95 Å². The lowest BCUT2D eigenvalue weighted by Gasteiger charge is -1.95. The SMILES string of the molecule is O=C(O)c1nc(NCc2nc3cc(Cl)ccc3o2)n[nH]1. The topological polar surface area (TPSA) is 117 Å². The Hall–Kier alpha value is -2.61. The number of benzene rings is 1. The maximum atomic E-state index is 10.6. The zero-order valence-electron chi connectivity index (χ0n) is 9.92. The summed E-state index contributed by atoms with van der Waals surface area (Å²) in [5, 5.41) is 18.1. The zero-order valence-corrected chi connectivity index (χ0v) is 10.7. The number of fused-ring (bicyclic) bond motifs is 1. The highest BCUT2D eigenvalue weighted by molar-refractivity contribution is 6.31. The lowest BCUT2D eigenvalue weighted by molar-refractivity contribution is 0.0684. The molecule has 0 unspecified atom stereocenters. The number of carboxylic acid groups (broad SMARTS) is 1. The van der Waals surface area contributed by atoms with Gasteiger partial charge in [0, 0.05) is 5.02 Å². The third-order valence-corrected chi connectivity index (χ3v) is 2.71. The van der Waals surface area contributed by atoms with Gasteiger partial charge in [-0.25, -0.2) is 9.78 Å². The molecule has 0 aliphatic heterocycles. The van der Waals surface area contributed by atoms with Crippen LogP contribution in [0.5, 0.6) is 0 Å². The molecule has 0 spiro atoms. The van der Waals surface area contributed by atoms with Crippen LogP contribution < -0.4 is 5.32 Å². The van der Waals surface area contributed by atoms with Gasteiger partial charge in [0.25, 0.3) is 0 Å². The van der Waals surface area contributed by atoms with E-state index in [0.717, 1.165) is 0 Å². The second-order valence-electron chi connectivity index (χ2n) is 3.89. The number of oxazole rings is 1. The number of aromatic carboxylic acids is 1. The molecule has 0 amide bonds. The van der Waals surface area contributed by atoms with Gasteiger partial charge in [0.05, 0.1) is 6.54 Å². The maximum absolute atomic E-state index is 10.6. The first-order valence-corrected chi connectivity index (χ1v) is 5.94. The van der Waals surface area contributed by atoms with Gasteiger partial charge in [-0.2, -0.15) is 4.98 Å². The molecule has 3 aromatic rings. The van der Waals surface area contributed by atoms with E-state index in [0.29, 0.717) is 22.0 Å². The van der Waals surface area contributed by atoms with Gasteiger partial charge in [0.2, 0.25) is 17.7 Å². The van der Waals surface area contributed by atoms with E-state index in [9.17, 15) is 4.79 Å². The summed E-state index contributed by atoms with van der Waals surface area (Å²) >= 11 is 5.86. The molecule has 1 aromatic carbocycles. The third-order valence-electron chi connectivity index (χ3n) is 2.48. The molecule has 0 aliphatic carbocycles. The molecule has 0 aliphatic rings. The highest BCUT2D eigenvalue weighted by atomic mass is 35.5. The number of H-pyrrole nitrogens is 1. The first-order valence-electron chi connectivity index (χ1n) is 5.56. The summed E-state index contributed by atoms with van der Waals surface area (Å²) in [6.07, 6.45) is 0. The smallest absolute Gasteiger partial charge is 0.373 e. The van der Waals surface area contributed by atoms with Gasteiger partial charge in [0.1, 0.15) is 5.52 Å². The average molecular weight is 294 g/mol. The molecule has 0 saturated carbocycles. The molecule has 0 bridgehead atoms. The van der Waals surface area contributed by atoms with Crippen LogP contribution in [0.2, 0.25) is 5.02 Å². The first kappa shape index (κ1) is 12.4. The summed E-state index contributed by atoms with van der Waals surface area (Å²) in [4.78, 5) is 18.6. The van der Waals surface area contributed by atoms with Crippen LogP contribution in [0.3, 0.4) is 0 Å². The summed E-state index contributed by atoms with van der Waals surface area (Å²) in [6, 6.07) is 5.13. The Morgan fingerprint density at radius 3 is 3.05 bits per heavy atom. The van der Waals surface area contributed by atoms with Gasteiger partial charge in [-0.3, -0.25) is 5.10 Å². The van der Waals surface area contributed by atoms with E-state index in [-0.39, 0.29) is 18.3 Å². The van der Waals surface area contributed by atoms with Crippen molar-refractivity contribution < 1.29 is 14.3 Å². The predicted octanol–water partition coefficient (Wildman–Crippen LogP) is 1.91. The normalized spacial score (nSPS) is 10.8. The molecule has 8 nitrogen and oxygen atoms in total. The van der Waals surface area contributed by atoms with Crippen LogP contribution >= 0.6 is 11.6 Å². The molecule has 20 heavy (non-hydrogen) atoms. The van der Waals surface area contributed by atoms with Crippen LogP contribution in [0.15, 0.2) is 22.6 Å². The number of carboxylic acids is 1. The minimum Gasteiger partial charge on any atom is -0.475 e. The van der Waals surface area contributed by atoms with Crippen molar-refractivity contribution in [2.45, 2.75) is 6.54 Å². The van der Waals surface area contributed by atoms with E-state index >= 15 is 0 Å². The van der Waals surface area contributed by atoms with Crippen LogP contribution in [0.1, 0.15) is 16.5 Å². The highest BCUT2D eigenvalue weighted by Gasteiger charge is 2.11. The maximum Gasteiger partial charge on any atom is 0.373 e. The molecule has 102 valence electrons. The summed E-state index contributed by atoms with van der Waals surface area (Å²) in [7, 11) is 0. The standard InChI is InChI=1S/C11H8ClN5O3/c12-5-1-2-7-6(3-5)14-8(20-7)4-13-11-15-9(10(18)19)16-17-11/h1-3H,4H2,(H,18,19)(H2,13,15,16,17). The molecule has 2 aromatic heterocycles. The van der Waals surface area contributed by atoms with Crippen molar-refractivity contribution in [3.63, 3.8) is 0 Å². The Bertz CT molecular complexity index is 781. The van der Waals surface area contributed by atoms with E-state index in [1.807, 2.05) is 0 Å². The van der Waals surface area contributed by atoms with Gasteiger partial charge in [0.15, 0.2) is 5.58 Å². The fourth-order valence-corrected chi connectivity index (χ4v) is 1.78. The minimum atomic E-state index is -1.18. The lowest BCUT2D eigenvalue weighted by atomic mass is 10.3. The first-order chi connectivity index (χ1) is 9.61. The quantitative estimate of drug-likeness (QED) is 0.672. The van der Waals surface area contributed by atoms with E-state index in [4.69, 9.17) is 21.1 Å². The van der Waals surface area contributed by atoms with Crippen molar-refractivity contribution in [2.75, 3.05) is 5.32 Å². The number of hydrogen-bond donors (Lipinski definition) is 3. The molecular formula is C11H8ClN5O3. The Kier molecular flexibility index (Phi) is 2.99. The van der Waals surface area contributed by atoms with E-state index in [1.54, 1.807) is 18.2 Å². The summed E-state index contributed by atoms with van der Waals surface area (Å²) in [6.45, 7) is 0.225. The van der Waals surface area contributed by atoms with E-state index < -0.39 is 5.97 Å². The van der Waals surface area contributed by atoms with Gasteiger partial charge in [-0.1, -0.05) is 11.6 Å². The number of carbonyl (C=O) groups is 1. The van der Waals surface area contributed by atoms with Crippen molar-refractivity contribution in [2.24, 2.45) is 0 Å². The zero-order chi connectivity index (χ0) is 14.1. The van der Waals surface area contributed by atoms with Crippen molar-refractivity contribution >= 4 is 34.6 Å². The molecule has 0 atom stereocenters. The molecular weight excluding hydrogens is 286 g/mol. The summed E-state index contributed by atoms with van der Waals surface area (Å²) in [5.74, 6) is -0.842. The van der Waals surface area contributed by atoms with Crippen molar-refractivity contribution in [3.05, 3.63) is 34.9 Å². The monoisotopic (exact) mass is 293 g/mol. The van der Waals surface area contributed by atoms with Gasteiger partial charge < -0.3 is 14.8 Å². The third kappa shape index (κ3) is 2.41. The number of rotatable bonds is 4. The van der Waals surface area contributed by atoms with Gasteiger partial charge >= 0.3 is 5.97 Å². The summed E-state index contributed by atoms with van der Waals surface area (Å²) in [5.41, 5.74) is 1.27. The lowest BCUT2D eigenvalue weighted by Crippen LogP contribution is -2.02. The number of anilines is 1. The number of aromatic amines is 1. The average Bonchev–Trinajstić information content (AvgIpc) is 3.01. The molecule has 0 saturated heterocycles. The number of hydrogen-bond acceptors (Lipinski definition) is 6. The Morgan fingerprint density at radius 1 is 1.45 bits per heavy atom. The van der Waals surface area contributed by atoms with Crippen LogP contribution in [-0.4, -0.2) is 31.2 Å². The molecule has 0 radical (unpaired) electrons. The number of halogens is 1. The molecule has 2 heterocycles. The van der Waals surface area contributed by atoms with Crippen molar-refractivity contribution in [1.82, 2.24) is 20.2 Å². The van der Waals surface area contributed by atoms with E-state index in [2.05, 4.69) is 25.5 Å². The number of nitrogens with zero attached hydrogens (tertiary/aromatic N) is 3. The number of nitrogens with one attached hydrogen (secondary N) is 2. The Morgan fingerprint density at radius 2 is 2.30 bits per heavy atom. The Balaban J connectivity index is 1.74. The molecule has 3 rings (SSSR count). The Labute approximate surface area is 116 Å². The number of aromatic nitrogens is 4. The fourth-order valence-electron chi connectivity index (χ4n) is 1.62. The fraction of sp³-hybridized carbons (Fsp3) is 0.0909. The largest absolute Gasteiger partial charge is 0.475 e. The predicted molar refractivity (Wildman–Crippen MR) is 69.7 cm³/mol. The summed E-state index contributed by atoms with van der Waals surface area (Å²) < 4.78 is 5.48. The minimum absolute atomic E-state index is 0.155. The van der Waals surface area contributed by atoms with Crippen LogP contribution in [0.25, 0.3) is 11.1 Å². The second-order valence-corrected chi connectivity index (χ2v) is 4.32. The van der Waals surface area contributed by atoms with Crippen molar-refractivity contribution in [3.8, 4) is 0 Å². The molecule has 3 N–H and O–H groups in total. The molecule has 0 fully saturated rings. The van der Waals surface area contributed by atoms with E-state index in [1.165, 1.54) is 0 Å². The second kappa shape index (κ2) is 4.82. The molecule has 9 heteroatoms. The van der Waals surface area contributed by atoms with Gasteiger partial charge in [-0.15, -0.1) is 5.10 Å². The van der Waals surface area contributed by atoms with Crippen molar-refractivity contribution in [1.29, 1.82) is 0 Å². The van der Waals surface area contributed by atoms with Gasteiger partial charge in [-0.05, 0) is 18.2 Å². The van der Waals surface area contributed by atoms with Crippen LogP contribution in [0, 0.1) is 0 Å². The highest BCUT2D eigenvalue weighted by Crippen LogP contribution is 2.20.